The Labute approximate surface area is 142 Å². The summed E-state index contributed by atoms with van der Waals surface area (Å²) < 4.78 is 37.5. The number of carbonyl (C=O) groups excluding carboxylic acids is 1. The highest BCUT2D eigenvalue weighted by Gasteiger charge is 2.27. The van der Waals surface area contributed by atoms with E-state index in [-0.39, 0.29) is 23.8 Å². The molecule has 0 aromatic heterocycles. The van der Waals surface area contributed by atoms with Gasteiger partial charge < -0.3 is 20.5 Å². The number of sulfonamides is 1. The molecule has 9 heteroatoms. The number of nitrogens with zero attached hydrogens (tertiary/aromatic N) is 1. The molecule has 1 aliphatic rings. The fraction of sp³-hybridized carbons (Fsp3) is 0.533. The van der Waals surface area contributed by atoms with Gasteiger partial charge in [-0.25, -0.2) is 8.42 Å². The maximum Gasteiger partial charge on any atom is 0.243 e. The van der Waals surface area contributed by atoms with E-state index in [4.69, 9.17) is 15.2 Å². The molecule has 0 saturated carbocycles. The van der Waals surface area contributed by atoms with Gasteiger partial charge in [0, 0.05) is 26.1 Å². The van der Waals surface area contributed by atoms with Crippen LogP contribution >= 0.6 is 0 Å². The van der Waals surface area contributed by atoms with Crippen LogP contribution < -0.4 is 15.8 Å². The lowest BCUT2D eigenvalue weighted by Gasteiger charge is -2.26. The van der Waals surface area contributed by atoms with Gasteiger partial charge in [-0.05, 0) is 25.1 Å². The van der Waals surface area contributed by atoms with Gasteiger partial charge in [-0.2, -0.15) is 4.31 Å². The quantitative estimate of drug-likeness (QED) is 0.730. The molecular weight excluding hydrogens is 334 g/mol. The van der Waals surface area contributed by atoms with Gasteiger partial charge in [0.1, 0.15) is 5.75 Å². The van der Waals surface area contributed by atoms with Crippen LogP contribution in [0.15, 0.2) is 23.1 Å². The van der Waals surface area contributed by atoms with E-state index in [1.165, 1.54) is 16.4 Å². The highest BCUT2D eigenvalue weighted by molar-refractivity contribution is 7.89. The first-order valence-corrected chi connectivity index (χ1v) is 9.27. The standard InChI is InChI=1S/C15H23N3O5S/c1-2-23-14-4-3-12(11-13(14)17-15(19)5-6-16)24(20,21)18-7-9-22-10-8-18/h3-4,11H,2,5-10,16H2,1H3,(H,17,19). The summed E-state index contributed by atoms with van der Waals surface area (Å²) in [6.45, 7) is 3.78. The normalized spacial score (nSPS) is 15.9. The van der Waals surface area contributed by atoms with Crippen LogP contribution in [0.25, 0.3) is 0 Å². The topological polar surface area (TPSA) is 111 Å². The highest BCUT2D eigenvalue weighted by Crippen LogP contribution is 2.29. The van der Waals surface area contributed by atoms with Gasteiger partial charge in [0.15, 0.2) is 0 Å². The minimum Gasteiger partial charge on any atom is -0.492 e. The molecule has 2 rings (SSSR count). The number of rotatable bonds is 7. The molecule has 0 bridgehead atoms. The average Bonchev–Trinajstić information content (AvgIpc) is 2.57. The smallest absolute Gasteiger partial charge is 0.243 e. The molecule has 1 amide bonds. The van der Waals surface area contributed by atoms with E-state index in [0.717, 1.165) is 0 Å². The zero-order valence-electron chi connectivity index (χ0n) is 13.7. The summed E-state index contributed by atoms with van der Waals surface area (Å²) in [5, 5.41) is 2.66. The number of anilines is 1. The second-order valence-electron chi connectivity index (χ2n) is 5.19. The summed E-state index contributed by atoms with van der Waals surface area (Å²) in [5.41, 5.74) is 5.69. The lowest BCUT2D eigenvalue weighted by Crippen LogP contribution is -2.40. The van der Waals surface area contributed by atoms with Gasteiger partial charge in [0.25, 0.3) is 0 Å². The number of amides is 1. The molecule has 1 aliphatic heterocycles. The lowest BCUT2D eigenvalue weighted by atomic mass is 10.2. The van der Waals surface area contributed by atoms with Crippen molar-refractivity contribution in [3.63, 3.8) is 0 Å². The first kappa shape index (κ1) is 18.7. The monoisotopic (exact) mass is 357 g/mol. The molecule has 134 valence electrons. The molecular formula is C15H23N3O5S. The molecule has 1 saturated heterocycles. The summed E-state index contributed by atoms with van der Waals surface area (Å²) in [5.74, 6) is 0.128. The van der Waals surface area contributed by atoms with Crippen molar-refractivity contribution in [1.82, 2.24) is 4.31 Å². The van der Waals surface area contributed by atoms with Gasteiger partial charge in [-0.1, -0.05) is 0 Å². The van der Waals surface area contributed by atoms with E-state index in [9.17, 15) is 13.2 Å². The van der Waals surface area contributed by atoms with E-state index < -0.39 is 10.0 Å². The van der Waals surface area contributed by atoms with Gasteiger partial charge >= 0.3 is 0 Å². The van der Waals surface area contributed by atoms with Gasteiger partial charge in [0.2, 0.25) is 15.9 Å². The van der Waals surface area contributed by atoms with E-state index in [0.29, 0.717) is 44.3 Å². The number of morpholine rings is 1. The largest absolute Gasteiger partial charge is 0.492 e. The Hall–Kier alpha value is -1.68. The highest BCUT2D eigenvalue weighted by atomic mass is 32.2. The minimum absolute atomic E-state index is 0.107. The molecule has 3 N–H and O–H groups in total. The molecule has 0 unspecified atom stereocenters. The van der Waals surface area contributed by atoms with Gasteiger partial charge in [-0.15, -0.1) is 0 Å². The van der Waals surface area contributed by atoms with Gasteiger partial charge in [-0.3, -0.25) is 4.79 Å². The molecule has 1 aromatic rings. The first-order chi connectivity index (χ1) is 11.5. The lowest BCUT2D eigenvalue weighted by molar-refractivity contribution is -0.116. The zero-order chi connectivity index (χ0) is 17.6. The Morgan fingerprint density at radius 1 is 1.38 bits per heavy atom. The molecule has 1 fully saturated rings. The van der Waals surface area contributed by atoms with Crippen LogP contribution in [0, 0.1) is 0 Å². The average molecular weight is 357 g/mol. The van der Waals surface area contributed by atoms with Crippen LogP contribution in [0.2, 0.25) is 0 Å². The SMILES string of the molecule is CCOc1ccc(S(=O)(=O)N2CCOCC2)cc1NC(=O)CCN. The molecule has 1 heterocycles. The van der Waals surface area contributed by atoms with Crippen LogP contribution in [0.3, 0.4) is 0 Å². The maximum atomic E-state index is 12.7. The van der Waals surface area contributed by atoms with Crippen LogP contribution in [-0.4, -0.2) is 58.1 Å². The van der Waals surface area contributed by atoms with Crippen molar-refractivity contribution < 1.29 is 22.7 Å². The Bertz CT molecular complexity index is 672. The fourth-order valence-corrected chi connectivity index (χ4v) is 3.76. The summed E-state index contributed by atoms with van der Waals surface area (Å²) in [6.07, 6.45) is 0.145. The Morgan fingerprint density at radius 3 is 2.71 bits per heavy atom. The Balaban J connectivity index is 2.31. The predicted molar refractivity (Wildman–Crippen MR) is 89.5 cm³/mol. The minimum atomic E-state index is -3.64. The van der Waals surface area contributed by atoms with Crippen LogP contribution in [0.1, 0.15) is 13.3 Å². The number of ether oxygens (including phenoxy) is 2. The Morgan fingerprint density at radius 2 is 2.08 bits per heavy atom. The second kappa shape index (κ2) is 8.43. The number of hydrogen-bond acceptors (Lipinski definition) is 6. The number of nitrogens with one attached hydrogen (secondary N) is 1. The van der Waals surface area contributed by atoms with Crippen LogP contribution in [-0.2, 0) is 19.6 Å². The molecule has 0 spiro atoms. The fourth-order valence-electron chi connectivity index (χ4n) is 2.33. The van der Waals surface area contributed by atoms with Crippen molar-refractivity contribution in [2.24, 2.45) is 5.73 Å². The summed E-state index contributed by atoms with van der Waals surface area (Å²) in [7, 11) is -3.64. The molecule has 8 nitrogen and oxygen atoms in total. The second-order valence-corrected chi connectivity index (χ2v) is 7.13. The van der Waals surface area contributed by atoms with Crippen molar-refractivity contribution >= 4 is 21.6 Å². The third kappa shape index (κ3) is 4.44. The van der Waals surface area contributed by atoms with Crippen molar-refractivity contribution in [2.75, 3.05) is 44.8 Å². The van der Waals surface area contributed by atoms with E-state index >= 15 is 0 Å². The molecule has 0 atom stereocenters. The summed E-state index contributed by atoms with van der Waals surface area (Å²) in [4.78, 5) is 11.9. The number of carbonyl (C=O) groups is 1. The van der Waals surface area contributed by atoms with Crippen molar-refractivity contribution in [3.05, 3.63) is 18.2 Å². The summed E-state index contributed by atoms with van der Waals surface area (Å²) in [6, 6.07) is 4.45. The van der Waals surface area contributed by atoms with Crippen molar-refractivity contribution in [1.29, 1.82) is 0 Å². The number of benzene rings is 1. The third-order valence-corrected chi connectivity index (χ3v) is 5.40. The Kier molecular flexibility index (Phi) is 6.55. The third-order valence-electron chi connectivity index (χ3n) is 3.50. The predicted octanol–water partition coefficient (Wildman–Crippen LogP) is 0.394. The van der Waals surface area contributed by atoms with E-state index in [1.54, 1.807) is 6.07 Å². The van der Waals surface area contributed by atoms with E-state index in [2.05, 4.69) is 5.32 Å². The zero-order valence-corrected chi connectivity index (χ0v) is 14.5. The molecule has 0 radical (unpaired) electrons. The number of nitrogens with two attached hydrogens (primary N) is 1. The van der Waals surface area contributed by atoms with Crippen molar-refractivity contribution in [3.8, 4) is 5.75 Å². The molecule has 1 aromatic carbocycles. The van der Waals surface area contributed by atoms with Crippen LogP contribution in [0.4, 0.5) is 5.69 Å². The maximum absolute atomic E-state index is 12.7. The molecule has 0 aliphatic carbocycles. The van der Waals surface area contributed by atoms with E-state index in [1.807, 2.05) is 6.92 Å². The first-order valence-electron chi connectivity index (χ1n) is 7.83. The van der Waals surface area contributed by atoms with Crippen molar-refractivity contribution in [2.45, 2.75) is 18.2 Å². The molecule has 24 heavy (non-hydrogen) atoms. The summed E-state index contributed by atoms with van der Waals surface area (Å²) >= 11 is 0. The number of hydrogen-bond donors (Lipinski definition) is 2. The van der Waals surface area contributed by atoms with Crippen LogP contribution in [0.5, 0.6) is 5.75 Å². The van der Waals surface area contributed by atoms with Gasteiger partial charge in [0.05, 0.1) is 30.4 Å².